The van der Waals surface area contributed by atoms with Crippen molar-refractivity contribution in [1.82, 2.24) is 0 Å². The maximum atomic E-state index is 12.1. The highest BCUT2D eigenvalue weighted by molar-refractivity contribution is 5.86. The molecule has 4 nitrogen and oxygen atoms in total. The van der Waals surface area contributed by atoms with Crippen LogP contribution in [0.5, 0.6) is 0 Å². The van der Waals surface area contributed by atoms with Crippen LogP contribution in [-0.2, 0) is 27.4 Å². The summed E-state index contributed by atoms with van der Waals surface area (Å²) >= 11 is 0. The van der Waals surface area contributed by atoms with Crippen molar-refractivity contribution in [3.63, 3.8) is 0 Å². The summed E-state index contributed by atoms with van der Waals surface area (Å²) in [6.45, 7) is 0.153. The third-order valence-corrected chi connectivity index (χ3v) is 4.35. The molecule has 0 aliphatic heterocycles. The van der Waals surface area contributed by atoms with Gasteiger partial charge in [-0.3, -0.25) is 9.59 Å². The molecular formula is C22H20O4. The van der Waals surface area contributed by atoms with E-state index < -0.39 is 17.9 Å². The van der Waals surface area contributed by atoms with E-state index in [1.165, 1.54) is 0 Å². The van der Waals surface area contributed by atoms with Gasteiger partial charge in [0.05, 0.1) is 12.3 Å². The summed E-state index contributed by atoms with van der Waals surface area (Å²) in [6.07, 6.45) is 0.141. The quantitative estimate of drug-likeness (QED) is 0.650. The second-order valence-corrected chi connectivity index (χ2v) is 6.23. The third kappa shape index (κ3) is 4.48. The van der Waals surface area contributed by atoms with Gasteiger partial charge in [0.2, 0.25) is 0 Å². The van der Waals surface area contributed by atoms with Gasteiger partial charge in [-0.2, -0.15) is 0 Å². The molecule has 0 bridgehead atoms. The maximum Gasteiger partial charge on any atom is 0.307 e. The molecule has 1 atom stereocenters. The highest BCUT2D eigenvalue weighted by Crippen LogP contribution is 2.23. The van der Waals surface area contributed by atoms with E-state index in [0.29, 0.717) is 0 Å². The lowest BCUT2D eigenvalue weighted by Crippen LogP contribution is -2.21. The molecule has 0 aromatic heterocycles. The topological polar surface area (TPSA) is 63.6 Å². The molecule has 0 radical (unpaired) electrons. The fourth-order valence-corrected chi connectivity index (χ4v) is 2.98. The largest absolute Gasteiger partial charge is 0.481 e. The molecule has 0 aliphatic carbocycles. The monoisotopic (exact) mass is 348 g/mol. The van der Waals surface area contributed by atoms with E-state index >= 15 is 0 Å². The van der Waals surface area contributed by atoms with E-state index in [1.54, 1.807) is 0 Å². The summed E-state index contributed by atoms with van der Waals surface area (Å²) in [5.74, 6) is -2.31. The Morgan fingerprint density at radius 3 is 2.35 bits per heavy atom. The smallest absolute Gasteiger partial charge is 0.307 e. The number of esters is 1. The molecule has 0 amide bonds. The number of hydrogen-bond donors (Lipinski definition) is 1. The fourth-order valence-electron chi connectivity index (χ4n) is 2.98. The van der Waals surface area contributed by atoms with Crippen molar-refractivity contribution in [1.29, 1.82) is 0 Å². The van der Waals surface area contributed by atoms with Gasteiger partial charge >= 0.3 is 11.9 Å². The van der Waals surface area contributed by atoms with Crippen LogP contribution < -0.4 is 0 Å². The van der Waals surface area contributed by atoms with Gasteiger partial charge in [0.25, 0.3) is 0 Å². The molecular weight excluding hydrogens is 328 g/mol. The highest BCUT2D eigenvalue weighted by Gasteiger charge is 2.23. The van der Waals surface area contributed by atoms with Crippen molar-refractivity contribution in [3.8, 4) is 0 Å². The number of fused-ring (bicyclic) bond motifs is 1. The Hall–Kier alpha value is -3.14. The number of carboxylic acids is 1. The predicted octanol–water partition coefficient (Wildman–Crippen LogP) is 4.22. The summed E-state index contributed by atoms with van der Waals surface area (Å²) in [4.78, 5) is 23.7. The molecule has 3 aromatic rings. The first-order valence-corrected chi connectivity index (χ1v) is 8.52. The molecule has 1 N–H and O–H groups in total. The lowest BCUT2D eigenvalue weighted by molar-refractivity contribution is -0.152. The Kier molecular flexibility index (Phi) is 5.64. The van der Waals surface area contributed by atoms with Crippen LogP contribution in [-0.4, -0.2) is 17.0 Å². The normalized spacial score (nSPS) is 11.8. The van der Waals surface area contributed by atoms with E-state index in [0.717, 1.165) is 21.9 Å². The number of carboxylic acid groups (broad SMARTS) is 1. The van der Waals surface area contributed by atoms with Crippen molar-refractivity contribution in [2.45, 2.75) is 19.4 Å². The molecule has 26 heavy (non-hydrogen) atoms. The highest BCUT2D eigenvalue weighted by atomic mass is 16.5. The summed E-state index contributed by atoms with van der Waals surface area (Å²) in [5.41, 5.74) is 1.80. The molecule has 3 rings (SSSR count). The second kappa shape index (κ2) is 8.30. The van der Waals surface area contributed by atoms with Gasteiger partial charge in [-0.15, -0.1) is 0 Å². The minimum absolute atomic E-state index is 0.147. The van der Waals surface area contributed by atoms with Crippen LogP contribution in [0.1, 0.15) is 17.5 Å². The Labute approximate surface area is 152 Å². The van der Waals surface area contributed by atoms with Crippen LogP contribution in [0.2, 0.25) is 0 Å². The maximum absolute atomic E-state index is 12.1. The molecule has 0 saturated heterocycles. The van der Waals surface area contributed by atoms with Crippen molar-refractivity contribution in [3.05, 3.63) is 83.9 Å². The van der Waals surface area contributed by atoms with Crippen LogP contribution >= 0.6 is 0 Å². The van der Waals surface area contributed by atoms with Gasteiger partial charge in [0, 0.05) is 0 Å². The molecule has 0 heterocycles. The number of carbonyl (C=O) groups is 2. The van der Waals surface area contributed by atoms with Gasteiger partial charge < -0.3 is 9.84 Å². The lowest BCUT2D eigenvalue weighted by Gasteiger charge is -2.14. The molecule has 0 saturated carbocycles. The van der Waals surface area contributed by atoms with Crippen LogP contribution in [0.15, 0.2) is 72.8 Å². The van der Waals surface area contributed by atoms with E-state index in [2.05, 4.69) is 0 Å². The SMILES string of the molecule is O=C(CC(Cc1cccc2ccccc12)C(=O)O)OCc1ccccc1. The molecule has 1 unspecified atom stereocenters. The van der Waals surface area contributed by atoms with Crippen molar-refractivity contribution in [2.75, 3.05) is 0 Å². The molecule has 0 aliphatic rings. The zero-order valence-electron chi connectivity index (χ0n) is 14.3. The standard InChI is InChI=1S/C22H20O4/c23-21(26-15-16-7-2-1-3-8-16)14-19(22(24)25)13-18-11-6-10-17-9-4-5-12-20(17)18/h1-12,19H,13-15H2,(H,24,25). The van der Waals surface area contributed by atoms with E-state index in [1.807, 2.05) is 72.8 Å². The first kappa shape index (κ1) is 17.7. The summed E-state index contributed by atoms with van der Waals surface area (Å²) < 4.78 is 5.23. The molecule has 4 heteroatoms. The third-order valence-electron chi connectivity index (χ3n) is 4.35. The summed E-state index contributed by atoms with van der Waals surface area (Å²) in [5, 5.41) is 11.6. The van der Waals surface area contributed by atoms with E-state index in [4.69, 9.17) is 4.74 Å². The summed E-state index contributed by atoms with van der Waals surface area (Å²) in [6, 6.07) is 23.0. The van der Waals surface area contributed by atoms with Crippen molar-refractivity contribution < 1.29 is 19.4 Å². The number of carbonyl (C=O) groups excluding carboxylic acids is 1. The van der Waals surface area contributed by atoms with Gasteiger partial charge in [0.1, 0.15) is 6.61 Å². The zero-order valence-corrected chi connectivity index (χ0v) is 14.3. The van der Waals surface area contributed by atoms with Crippen molar-refractivity contribution in [2.24, 2.45) is 5.92 Å². The molecule has 0 fully saturated rings. The number of aliphatic carboxylic acids is 1. The second-order valence-electron chi connectivity index (χ2n) is 6.23. The van der Waals surface area contributed by atoms with Gasteiger partial charge in [-0.05, 0) is 28.3 Å². The van der Waals surface area contributed by atoms with Crippen LogP contribution in [0.4, 0.5) is 0 Å². The Bertz CT molecular complexity index is 897. The van der Waals surface area contributed by atoms with Crippen LogP contribution in [0.3, 0.4) is 0 Å². The van der Waals surface area contributed by atoms with Crippen molar-refractivity contribution >= 4 is 22.7 Å². The van der Waals surface area contributed by atoms with Gasteiger partial charge in [0.15, 0.2) is 0 Å². The molecule has 132 valence electrons. The Morgan fingerprint density at radius 1 is 0.885 bits per heavy atom. The predicted molar refractivity (Wildman–Crippen MR) is 99.6 cm³/mol. The zero-order chi connectivity index (χ0) is 18.4. The first-order valence-electron chi connectivity index (χ1n) is 8.52. The fraction of sp³-hybridized carbons (Fsp3) is 0.182. The first-order chi connectivity index (χ1) is 12.6. The number of ether oxygens (including phenoxy) is 1. The number of hydrogen-bond acceptors (Lipinski definition) is 3. The summed E-state index contributed by atoms with van der Waals surface area (Å²) in [7, 11) is 0. The average molecular weight is 348 g/mol. The Morgan fingerprint density at radius 2 is 1.58 bits per heavy atom. The number of rotatable bonds is 7. The molecule has 0 spiro atoms. The molecule has 3 aromatic carbocycles. The lowest BCUT2D eigenvalue weighted by atomic mass is 9.93. The average Bonchev–Trinajstić information content (AvgIpc) is 2.67. The van der Waals surface area contributed by atoms with Gasteiger partial charge in [-0.1, -0.05) is 72.8 Å². The van der Waals surface area contributed by atoms with Gasteiger partial charge in [-0.25, -0.2) is 0 Å². The minimum Gasteiger partial charge on any atom is -0.481 e. The van der Waals surface area contributed by atoms with Crippen LogP contribution in [0.25, 0.3) is 10.8 Å². The van der Waals surface area contributed by atoms with Crippen LogP contribution in [0, 0.1) is 5.92 Å². The van der Waals surface area contributed by atoms with E-state index in [9.17, 15) is 14.7 Å². The minimum atomic E-state index is -0.991. The number of benzene rings is 3. The van der Waals surface area contributed by atoms with E-state index in [-0.39, 0.29) is 19.4 Å². The Balaban J connectivity index is 1.67.